The van der Waals surface area contributed by atoms with Crippen LogP contribution in [0.25, 0.3) is 0 Å². The highest BCUT2D eigenvalue weighted by Crippen LogP contribution is 2.14. The predicted octanol–water partition coefficient (Wildman–Crippen LogP) is 1.61. The van der Waals surface area contributed by atoms with Crippen LogP contribution in [0.2, 0.25) is 0 Å². The van der Waals surface area contributed by atoms with E-state index in [0.29, 0.717) is 13.0 Å². The van der Waals surface area contributed by atoms with Gasteiger partial charge in [-0.1, -0.05) is 0 Å². The topological polar surface area (TPSA) is 107 Å². The number of aromatic nitrogens is 2. The molecule has 0 radical (unpaired) electrons. The summed E-state index contributed by atoms with van der Waals surface area (Å²) in [6.07, 6.45) is 3.83. The number of carbonyl (C=O) groups is 2. The van der Waals surface area contributed by atoms with Crippen LogP contribution in [0.1, 0.15) is 16.2 Å². The molecule has 1 heterocycles. The maximum atomic E-state index is 13.4. The second kappa shape index (κ2) is 6.51. The number of carboxylic acids is 1. The second-order valence-electron chi connectivity index (χ2n) is 4.17. The number of aromatic carboxylic acids is 1. The van der Waals surface area contributed by atoms with Gasteiger partial charge in [0.05, 0.1) is 5.56 Å². The van der Waals surface area contributed by atoms with Crippen molar-refractivity contribution in [2.45, 2.75) is 6.42 Å². The number of benzene rings is 1. The number of amides is 2. The average molecular weight is 292 g/mol. The van der Waals surface area contributed by atoms with Crippen molar-refractivity contribution in [3.8, 4) is 0 Å². The second-order valence-corrected chi connectivity index (χ2v) is 4.17. The quantitative estimate of drug-likeness (QED) is 0.671. The number of imidazole rings is 1. The average Bonchev–Trinajstić information content (AvgIpc) is 2.91. The Hall–Kier alpha value is -2.90. The van der Waals surface area contributed by atoms with E-state index in [1.165, 1.54) is 6.07 Å². The van der Waals surface area contributed by atoms with E-state index in [0.717, 1.165) is 18.0 Å². The Morgan fingerprint density at radius 2 is 2.19 bits per heavy atom. The highest BCUT2D eigenvalue weighted by atomic mass is 19.1. The predicted molar refractivity (Wildman–Crippen MR) is 72.7 cm³/mol. The van der Waals surface area contributed by atoms with Crippen LogP contribution in [0.15, 0.2) is 30.6 Å². The molecule has 0 saturated carbocycles. The zero-order valence-corrected chi connectivity index (χ0v) is 10.9. The largest absolute Gasteiger partial charge is 0.478 e. The lowest BCUT2D eigenvalue weighted by molar-refractivity contribution is 0.0692. The molecule has 8 heteroatoms. The Bertz CT molecular complexity index is 643. The molecule has 0 saturated heterocycles. The van der Waals surface area contributed by atoms with Crippen molar-refractivity contribution in [1.82, 2.24) is 15.3 Å². The number of rotatable bonds is 5. The van der Waals surface area contributed by atoms with Crippen molar-refractivity contribution in [3.63, 3.8) is 0 Å². The van der Waals surface area contributed by atoms with Gasteiger partial charge in [-0.25, -0.2) is 19.0 Å². The number of hydrogen-bond acceptors (Lipinski definition) is 3. The minimum Gasteiger partial charge on any atom is -0.478 e. The lowest BCUT2D eigenvalue weighted by atomic mass is 10.2. The SMILES string of the molecule is O=C(NCCc1ncc[nH]1)Nc1ccc(C(=O)O)c(F)c1. The van der Waals surface area contributed by atoms with Gasteiger partial charge in [-0.05, 0) is 18.2 Å². The lowest BCUT2D eigenvalue weighted by Crippen LogP contribution is -2.30. The smallest absolute Gasteiger partial charge is 0.338 e. The van der Waals surface area contributed by atoms with Gasteiger partial charge in [0.25, 0.3) is 0 Å². The highest BCUT2D eigenvalue weighted by Gasteiger charge is 2.11. The zero-order chi connectivity index (χ0) is 15.2. The van der Waals surface area contributed by atoms with Crippen molar-refractivity contribution in [2.75, 3.05) is 11.9 Å². The standard InChI is InChI=1S/C13H13FN4O3/c14-10-7-8(1-2-9(10)12(19)20)18-13(21)17-4-3-11-15-5-6-16-11/h1-2,5-7H,3-4H2,(H,15,16)(H,19,20)(H2,17,18,21). The van der Waals surface area contributed by atoms with Crippen LogP contribution < -0.4 is 10.6 Å². The summed E-state index contributed by atoms with van der Waals surface area (Å²) in [6.45, 7) is 0.356. The van der Waals surface area contributed by atoms with Crippen LogP contribution >= 0.6 is 0 Å². The summed E-state index contributed by atoms with van der Waals surface area (Å²) in [5.74, 6) is -1.52. The number of H-pyrrole nitrogens is 1. The molecule has 2 amide bonds. The number of carbonyl (C=O) groups excluding carboxylic acids is 1. The van der Waals surface area contributed by atoms with Crippen LogP contribution in [0.3, 0.4) is 0 Å². The Labute approximate surface area is 119 Å². The number of nitrogens with zero attached hydrogens (tertiary/aromatic N) is 1. The third kappa shape index (κ3) is 4.03. The molecule has 2 aromatic rings. The molecule has 1 aromatic heterocycles. The molecule has 21 heavy (non-hydrogen) atoms. The molecular weight excluding hydrogens is 279 g/mol. The van der Waals surface area contributed by atoms with Gasteiger partial charge in [0.2, 0.25) is 0 Å². The molecule has 0 unspecified atom stereocenters. The molecule has 0 aliphatic rings. The molecule has 0 atom stereocenters. The number of anilines is 1. The highest BCUT2D eigenvalue weighted by molar-refractivity contribution is 5.91. The molecule has 0 aliphatic carbocycles. The van der Waals surface area contributed by atoms with E-state index < -0.39 is 23.4 Å². The summed E-state index contributed by atoms with van der Waals surface area (Å²) < 4.78 is 13.4. The van der Waals surface area contributed by atoms with Crippen LogP contribution in [-0.2, 0) is 6.42 Å². The van der Waals surface area contributed by atoms with E-state index in [9.17, 15) is 14.0 Å². The first-order chi connectivity index (χ1) is 10.1. The maximum absolute atomic E-state index is 13.4. The third-order valence-corrected chi connectivity index (χ3v) is 2.66. The summed E-state index contributed by atoms with van der Waals surface area (Å²) in [5.41, 5.74) is -0.272. The van der Waals surface area contributed by atoms with Gasteiger partial charge in [-0.2, -0.15) is 0 Å². The fourth-order valence-electron chi connectivity index (χ4n) is 1.67. The molecular formula is C13H13FN4O3. The fraction of sp³-hybridized carbons (Fsp3) is 0.154. The molecule has 0 spiro atoms. The molecule has 110 valence electrons. The minimum absolute atomic E-state index is 0.174. The number of carboxylic acid groups (broad SMARTS) is 1. The summed E-state index contributed by atoms with van der Waals surface area (Å²) in [7, 11) is 0. The van der Waals surface area contributed by atoms with Gasteiger partial charge in [-0.15, -0.1) is 0 Å². The Balaban J connectivity index is 1.85. The lowest BCUT2D eigenvalue weighted by Gasteiger charge is -2.07. The number of urea groups is 1. The van der Waals surface area contributed by atoms with Crippen LogP contribution in [-0.4, -0.2) is 33.6 Å². The van der Waals surface area contributed by atoms with Gasteiger partial charge >= 0.3 is 12.0 Å². The van der Waals surface area contributed by atoms with E-state index >= 15 is 0 Å². The van der Waals surface area contributed by atoms with Crippen LogP contribution in [0.5, 0.6) is 0 Å². The summed E-state index contributed by atoms with van der Waals surface area (Å²) in [5, 5.41) is 13.7. The Morgan fingerprint density at radius 3 is 2.81 bits per heavy atom. The van der Waals surface area contributed by atoms with Gasteiger partial charge in [0.15, 0.2) is 0 Å². The summed E-state index contributed by atoms with van der Waals surface area (Å²) >= 11 is 0. The molecule has 0 fully saturated rings. The monoisotopic (exact) mass is 292 g/mol. The van der Waals surface area contributed by atoms with Crippen molar-refractivity contribution < 1.29 is 19.1 Å². The third-order valence-electron chi connectivity index (χ3n) is 2.66. The Morgan fingerprint density at radius 1 is 1.38 bits per heavy atom. The number of aromatic amines is 1. The first-order valence-electron chi connectivity index (χ1n) is 6.12. The Kier molecular flexibility index (Phi) is 4.50. The van der Waals surface area contributed by atoms with Gasteiger partial charge in [0, 0.05) is 31.0 Å². The first kappa shape index (κ1) is 14.5. The van der Waals surface area contributed by atoms with Crippen molar-refractivity contribution in [3.05, 3.63) is 47.8 Å². The minimum atomic E-state index is -1.36. The molecule has 2 rings (SSSR count). The molecule has 0 aliphatic heterocycles. The van der Waals surface area contributed by atoms with E-state index in [2.05, 4.69) is 20.6 Å². The maximum Gasteiger partial charge on any atom is 0.338 e. The van der Waals surface area contributed by atoms with E-state index in [4.69, 9.17) is 5.11 Å². The van der Waals surface area contributed by atoms with Crippen molar-refractivity contribution in [1.29, 1.82) is 0 Å². The normalized spacial score (nSPS) is 10.1. The number of nitrogens with one attached hydrogen (secondary N) is 3. The molecule has 4 N–H and O–H groups in total. The molecule has 1 aromatic carbocycles. The van der Waals surface area contributed by atoms with E-state index in [-0.39, 0.29) is 5.69 Å². The van der Waals surface area contributed by atoms with E-state index in [1.54, 1.807) is 12.4 Å². The van der Waals surface area contributed by atoms with Gasteiger partial charge < -0.3 is 20.7 Å². The zero-order valence-electron chi connectivity index (χ0n) is 10.9. The summed E-state index contributed by atoms with van der Waals surface area (Å²) in [4.78, 5) is 29.1. The van der Waals surface area contributed by atoms with Crippen molar-refractivity contribution >= 4 is 17.7 Å². The molecule has 0 bridgehead atoms. The first-order valence-corrected chi connectivity index (χ1v) is 6.12. The fourth-order valence-corrected chi connectivity index (χ4v) is 1.67. The number of hydrogen-bond donors (Lipinski definition) is 4. The van der Waals surface area contributed by atoms with Gasteiger partial charge in [-0.3, -0.25) is 0 Å². The van der Waals surface area contributed by atoms with Gasteiger partial charge in [0.1, 0.15) is 11.6 Å². The molecule has 7 nitrogen and oxygen atoms in total. The summed E-state index contributed by atoms with van der Waals surface area (Å²) in [6, 6.07) is 2.86. The van der Waals surface area contributed by atoms with Crippen LogP contribution in [0, 0.1) is 5.82 Å². The van der Waals surface area contributed by atoms with E-state index in [1.807, 2.05) is 0 Å². The van der Waals surface area contributed by atoms with Crippen LogP contribution in [0.4, 0.5) is 14.9 Å². The number of halogens is 1. The van der Waals surface area contributed by atoms with Crippen molar-refractivity contribution in [2.24, 2.45) is 0 Å².